The second-order valence-corrected chi connectivity index (χ2v) is 10.1. The van der Waals surface area contributed by atoms with E-state index in [1.807, 2.05) is 12.1 Å². The van der Waals surface area contributed by atoms with Crippen molar-refractivity contribution >= 4 is 40.4 Å². The molecule has 0 saturated carbocycles. The van der Waals surface area contributed by atoms with E-state index >= 15 is 4.39 Å². The Morgan fingerprint density at radius 3 is 2.44 bits per heavy atom. The number of aliphatic hydroxyl groups excluding tert-OH is 1. The standard InChI is InChI=1S/C26H20Cl2FN3O3S/c1-35-32-25(34)20-9-8-19(15-2-4-16(27)5-3-15)21(12-18-7-6-17(28)14-31-18)24(20)26(32,29)22(33)13-23-30-10-11-36-23/h2-11,14,22,33H,12-13H2,1H3/t22?,26-/m1/s1. The fourth-order valence-electron chi connectivity index (χ4n) is 4.53. The molecule has 0 spiro atoms. The van der Waals surface area contributed by atoms with Gasteiger partial charge >= 0.3 is 0 Å². The SMILES string of the molecule is CON1C(=O)c2ccc(-c3ccc(Cl)cc3)c(Cc3ccc(Cl)cn3)c2[C@@]1(F)C(O)Cc1nccs1. The average Bonchev–Trinajstić information content (AvgIpc) is 3.46. The predicted molar refractivity (Wildman–Crippen MR) is 137 cm³/mol. The fourth-order valence-corrected chi connectivity index (χ4v) is 5.43. The highest BCUT2D eigenvalue weighted by Crippen LogP contribution is 2.48. The summed E-state index contributed by atoms with van der Waals surface area (Å²) in [6.07, 6.45) is 1.51. The highest BCUT2D eigenvalue weighted by Gasteiger charge is 2.58. The first-order valence-corrected chi connectivity index (χ1v) is 12.6. The molecule has 2 aromatic carbocycles. The van der Waals surface area contributed by atoms with Crippen LogP contribution in [0.2, 0.25) is 10.0 Å². The number of benzene rings is 2. The van der Waals surface area contributed by atoms with E-state index in [4.69, 9.17) is 28.0 Å². The van der Waals surface area contributed by atoms with Gasteiger partial charge in [0.2, 0.25) is 0 Å². The maximum Gasteiger partial charge on any atom is 0.281 e. The number of aromatic nitrogens is 2. The Bertz CT molecular complexity index is 1400. The second kappa shape index (κ2) is 9.88. The van der Waals surface area contributed by atoms with Gasteiger partial charge in [0, 0.05) is 46.9 Å². The molecule has 6 nitrogen and oxygen atoms in total. The Morgan fingerprint density at radius 1 is 1.08 bits per heavy atom. The van der Waals surface area contributed by atoms with Crippen LogP contribution in [-0.4, -0.2) is 39.3 Å². The monoisotopic (exact) mass is 543 g/mol. The lowest BCUT2D eigenvalue weighted by atomic mass is 9.84. The van der Waals surface area contributed by atoms with E-state index in [1.165, 1.54) is 24.6 Å². The molecular formula is C26H20Cl2FN3O3S. The third kappa shape index (κ3) is 4.29. The summed E-state index contributed by atoms with van der Waals surface area (Å²) < 4.78 is 17.2. The molecule has 1 amide bonds. The summed E-state index contributed by atoms with van der Waals surface area (Å²) in [5.74, 6) is -3.35. The molecule has 10 heteroatoms. The Labute approximate surface area is 220 Å². The Balaban J connectivity index is 1.73. The van der Waals surface area contributed by atoms with Gasteiger partial charge in [0.15, 0.2) is 0 Å². The van der Waals surface area contributed by atoms with Gasteiger partial charge in [-0.05, 0) is 47.0 Å². The van der Waals surface area contributed by atoms with Crippen LogP contribution in [0.15, 0.2) is 66.3 Å². The summed E-state index contributed by atoms with van der Waals surface area (Å²) in [5, 5.41) is 15.1. The van der Waals surface area contributed by atoms with E-state index in [1.54, 1.807) is 48.0 Å². The normalized spacial score (nSPS) is 17.9. The molecule has 1 aliphatic rings. The number of alkyl halides is 1. The summed E-state index contributed by atoms with van der Waals surface area (Å²) in [7, 11) is 1.20. The van der Waals surface area contributed by atoms with Gasteiger partial charge in [-0.3, -0.25) is 14.6 Å². The minimum absolute atomic E-state index is 0.0441. The number of carbonyl (C=O) groups is 1. The smallest absolute Gasteiger partial charge is 0.281 e. The van der Waals surface area contributed by atoms with E-state index in [9.17, 15) is 9.90 Å². The number of hydroxylamine groups is 2. The summed E-state index contributed by atoms with van der Waals surface area (Å²) in [5.41, 5.74) is 2.71. The third-order valence-electron chi connectivity index (χ3n) is 6.15. The van der Waals surface area contributed by atoms with E-state index in [0.29, 0.717) is 36.9 Å². The van der Waals surface area contributed by atoms with Gasteiger partial charge in [0.25, 0.3) is 11.7 Å². The minimum Gasteiger partial charge on any atom is -0.387 e. The fraction of sp³-hybridized carbons (Fsp3) is 0.192. The minimum atomic E-state index is -2.67. The molecule has 4 aromatic rings. The van der Waals surface area contributed by atoms with Crippen molar-refractivity contribution in [2.75, 3.05) is 7.11 Å². The van der Waals surface area contributed by atoms with Crippen LogP contribution in [0.25, 0.3) is 11.1 Å². The number of amides is 1. The lowest BCUT2D eigenvalue weighted by Gasteiger charge is -2.34. The Hall–Kier alpha value is -2.88. The van der Waals surface area contributed by atoms with Crippen LogP contribution in [0.3, 0.4) is 0 Å². The van der Waals surface area contributed by atoms with Crippen LogP contribution < -0.4 is 0 Å². The highest BCUT2D eigenvalue weighted by atomic mass is 35.5. The molecular weight excluding hydrogens is 524 g/mol. The summed E-state index contributed by atoms with van der Waals surface area (Å²) in [6.45, 7) is 0. The topological polar surface area (TPSA) is 75.5 Å². The van der Waals surface area contributed by atoms with E-state index < -0.39 is 17.8 Å². The molecule has 3 heterocycles. The molecule has 1 N–H and O–H groups in total. The predicted octanol–water partition coefficient (Wildman–Crippen LogP) is 5.85. The van der Waals surface area contributed by atoms with Crippen LogP contribution >= 0.6 is 34.5 Å². The summed E-state index contributed by atoms with van der Waals surface area (Å²) in [6, 6.07) is 13.9. The van der Waals surface area contributed by atoms with Crippen LogP contribution in [0.5, 0.6) is 0 Å². The first kappa shape index (κ1) is 24.8. The van der Waals surface area contributed by atoms with Crippen molar-refractivity contribution in [2.24, 2.45) is 0 Å². The lowest BCUT2D eigenvalue weighted by molar-refractivity contribution is -0.245. The van der Waals surface area contributed by atoms with Gasteiger partial charge in [-0.25, -0.2) is 9.37 Å². The molecule has 2 atom stereocenters. The number of hydrogen-bond acceptors (Lipinski definition) is 6. The number of nitrogens with zero attached hydrogens (tertiary/aromatic N) is 3. The second-order valence-electron chi connectivity index (χ2n) is 8.27. The zero-order chi connectivity index (χ0) is 25.4. The molecule has 0 bridgehead atoms. The number of halogens is 3. The van der Waals surface area contributed by atoms with Crippen molar-refractivity contribution in [1.82, 2.24) is 15.0 Å². The molecule has 36 heavy (non-hydrogen) atoms. The quantitative estimate of drug-likeness (QED) is 0.296. The van der Waals surface area contributed by atoms with Crippen molar-refractivity contribution < 1.29 is 19.1 Å². The number of carbonyl (C=O) groups excluding carboxylic acids is 1. The molecule has 0 radical (unpaired) electrons. The molecule has 1 unspecified atom stereocenters. The lowest BCUT2D eigenvalue weighted by Crippen LogP contribution is -2.49. The number of pyridine rings is 1. The number of aliphatic hydroxyl groups is 1. The van der Waals surface area contributed by atoms with Gasteiger partial charge in [0.05, 0.1) is 22.7 Å². The highest BCUT2D eigenvalue weighted by molar-refractivity contribution is 7.09. The van der Waals surface area contributed by atoms with E-state index in [0.717, 1.165) is 5.56 Å². The summed E-state index contributed by atoms with van der Waals surface area (Å²) in [4.78, 5) is 27.1. The number of rotatable bonds is 7. The maximum absolute atomic E-state index is 17.2. The molecule has 5 rings (SSSR count). The zero-order valence-electron chi connectivity index (χ0n) is 19.0. The van der Waals surface area contributed by atoms with Crippen molar-refractivity contribution in [1.29, 1.82) is 0 Å². The van der Waals surface area contributed by atoms with Gasteiger partial charge in [0.1, 0.15) is 6.10 Å². The first-order chi connectivity index (χ1) is 17.3. The Morgan fingerprint density at radius 2 is 1.81 bits per heavy atom. The van der Waals surface area contributed by atoms with Gasteiger partial charge in [-0.15, -0.1) is 11.3 Å². The molecule has 0 saturated heterocycles. The number of fused-ring (bicyclic) bond motifs is 1. The summed E-state index contributed by atoms with van der Waals surface area (Å²) >= 11 is 13.4. The molecule has 184 valence electrons. The van der Waals surface area contributed by atoms with Crippen LogP contribution in [0.4, 0.5) is 4.39 Å². The van der Waals surface area contributed by atoms with Crippen LogP contribution in [0, 0.1) is 0 Å². The zero-order valence-corrected chi connectivity index (χ0v) is 21.3. The molecule has 1 aliphatic heterocycles. The van der Waals surface area contributed by atoms with Gasteiger partial charge in [-0.2, -0.15) is 5.06 Å². The van der Waals surface area contributed by atoms with Crippen molar-refractivity contribution in [3.63, 3.8) is 0 Å². The van der Waals surface area contributed by atoms with E-state index in [2.05, 4.69) is 9.97 Å². The number of hydrogen-bond donors (Lipinski definition) is 1. The van der Waals surface area contributed by atoms with Crippen LogP contribution in [0.1, 0.15) is 32.2 Å². The molecule has 0 fully saturated rings. The Kier molecular flexibility index (Phi) is 6.80. The van der Waals surface area contributed by atoms with Gasteiger partial charge < -0.3 is 5.11 Å². The first-order valence-electron chi connectivity index (χ1n) is 11.0. The third-order valence-corrected chi connectivity index (χ3v) is 7.43. The molecule has 2 aromatic heterocycles. The number of thiazole rings is 1. The van der Waals surface area contributed by atoms with Crippen molar-refractivity contribution in [3.05, 3.63) is 104 Å². The maximum atomic E-state index is 17.2. The average molecular weight is 544 g/mol. The van der Waals surface area contributed by atoms with Gasteiger partial charge in [-0.1, -0.05) is 41.4 Å². The van der Waals surface area contributed by atoms with Crippen molar-refractivity contribution in [2.45, 2.75) is 24.7 Å². The van der Waals surface area contributed by atoms with Crippen molar-refractivity contribution in [3.8, 4) is 11.1 Å². The molecule has 0 aliphatic carbocycles. The van der Waals surface area contributed by atoms with E-state index in [-0.39, 0.29) is 24.0 Å². The largest absolute Gasteiger partial charge is 0.387 e. The van der Waals surface area contributed by atoms with Crippen LogP contribution in [-0.2, 0) is 23.5 Å².